The molecule has 0 aliphatic heterocycles. The Morgan fingerprint density at radius 1 is 1.25 bits per heavy atom. The minimum atomic E-state index is -0.272. The average molecular weight is 287 g/mol. The molecular formula is C13H16BrFO. The van der Waals surface area contributed by atoms with Crippen molar-refractivity contribution in [1.82, 2.24) is 0 Å². The molecule has 1 nitrogen and oxygen atoms in total. The number of rotatable bonds is 1. The molecule has 2 rings (SSSR count). The zero-order valence-corrected chi connectivity index (χ0v) is 10.7. The Bertz CT molecular complexity index is 367. The van der Waals surface area contributed by atoms with E-state index < -0.39 is 0 Å². The molecule has 16 heavy (non-hydrogen) atoms. The topological polar surface area (TPSA) is 20.2 Å². The predicted octanol–water partition coefficient (Wildman–Crippen LogP) is 4.00. The van der Waals surface area contributed by atoms with Crippen LogP contribution < -0.4 is 0 Å². The van der Waals surface area contributed by atoms with Crippen LogP contribution in [0.4, 0.5) is 4.39 Å². The van der Waals surface area contributed by atoms with Crippen LogP contribution in [0.25, 0.3) is 0 Å². The number of hydrogen-bond donors (Lipinski definition) is 1. The number of aliphatic hydroxyl groups is 1. The van der Waals surface area contributed by atoms with Gasteiger partial charge in [-0.25, -0.2) is 4.39 Å². The molecule has 0 radical (unpaired) electrons. The summed E-state index contributed by atoms with van der Waals surface area (Å²) in [6.07, 6.45) is 4.37. The van der Waals surface area contributed by atoms with Gasteiger partial charge in [0.25, 0.3) is 0 Å². The van der Waals surface area contributed by atoms with Crippen LogP contribution in [0.1, 0.15) is 43.6 Å². The van der Waals surface area contributed by atoms with Gasteiger partial charge in [0, 0.05) is 4.47 Å². The Hall–Kier alpha value is -0.410. The largest absolute Gasteiger partial charge is 0.393 e. The van der Waals surface area contributed by atoms with E-state index in [0.717, 1.165) is 35.7 Å². The van der Waals surface area contributed by atoms with Crippen LogP contribution in [0, 0.1) is 5.82 Å². The molecule has 0 amide bonds. The van der Waals surface area contributed by atoms with Crippen LogP contribution >= 0.6 is 15.9 Å². The lowest BCUT2D eigenvalue weighted by atomic mass is 9.91. The van der Waals surface area contributed by atoms with Crippen molar-refractivity contribution in [1.29, 1.82) is 0 Å². The second-order valence-electron chi connectivity index (χ2n) is 4.54. The lowest BCUT2D eigenvalue weighted by Crippen LogP contribution is -2.10. The van der Waals surface area contributed by atoms with Gasteiger partial charge in [0.1, 0.15) is 5.82 Å². The zero-order chi connectivity index (χ0) is 11.5. The molecule has 1 aromatic rings. The van der Waals surface area contributed by atoms with Crippen LogP contribution in [-0.4, -0.2) is 11.2 Å². The van der Waals surface area contributed by atoms with Gasteiger partial charge in [0.2, 0.25) is 0 Å². The molecule has 1 aliphatic carbocycles. The number of aliphatic hydroxyl groups excluding tert-OH is 1. The van der Waals surface area contributed by atoms with E-state index in [0.29, 0.717) is 6.42 Å². The maximum Gasteiger partial charge on any atom is 0.126 e. The fraction of sp³-hybridized carbons (Fsp3) is 0.538. The molecule has 2 unspecified atom stereocenters. The Morgan fingerprint density at radius 2 is 2.00 bits per heavy atom. The predicted molar refractivity (Wildman–Crippen MR) is 65.9 cm³/mol. The van der Waals surface area contributed by atoms with Crippen molar-refractivity contribution in [2.24, 2.45) is 0 Å². The van der Waals surface area contributed by atoms with Gasteiger partial charge in [0.15, 0.2) is 0 Å². The second-order valence-corrected chi connectivity index (χ2v) is 5.45. The van der Waals surface area contributed by atoms with Gasteiger partial charge < -0.3 is 5.11 Å². The number of halogens is 2. The number of benzene rings is 1. The fourth-order valence-corrected chi connectivity index (χ4v) is 2.82. The maximum atomic E-state index is 13.7. The summed E-state index contributed by atoms with van der Waals surface area (Å²) < 4.78 is 14.6. The quantitative estimate of drug-likeness (QED) is 0.774. The molecule has 0 bridgehead atoms. The van der Waals surface area contributed by atoms with Gasteiger partial charge in [-0.2, -0.15) is 0 Å². The fourth-order valence-electron chi connectivity index (χ4n) is 2.44. The van der Waals surface area contributed by atoms with Crippen LogP contribution in [0.2, 0.25) is 0 Å². The minimum Gasteiger partial charge on any atom is -0.393 e. The first-order chi connectivity index (χ1) is 7.66. The van der Waals surface area contributed by atoms with Gasteiger partial charge in [0.05, 0.1) is 6.10 Å². The SMILES string of the molecule is OC1CCCCC(c2cc(Br)ccc2F)C1. The molecule has 0 aromatic heterocycles. The highest BCUT2D eigenvalue weighted by Crippen LogP contribution is 2.34. The van der Waals surface area contributed by atoms with Crippen molar-refractivity contribution in [3.05, 3.63) is 34.1 Å². The zero-order valence-electron chi connectivity index (χ0n) is 9.13. The summed E-state index contributed by atoms with van der Waals surface area (Å²) in [7, 11) is 0. The highest BCUT2D eigenvalue weighted by Gasteiger charge is 2.22. The van der Waals surface area contributed by atoms with Crippen LogP contribution in [-0.2, 0) is 0 Å². The van der Waals surface area contributed by atoms with E-state index in [1.54, 1.807) is 6.07 Å². The van der Waals surface area contributed by atoms with Crippen molar-refractivity contribution >= 4 is 15.9 Å². The third-order valence-electron chi connectivity index (χ3n) is 3.29. The summed E-state index contributed by atoms with van der Waals surface area (Å²) in [6.45, 7) is 0. The molecule has 0 heterocycles. The molecule has 3 heteroatoms. The Morgan fingerprint density at radius 3 is 2.81 bits per heavy atom. The summed E-state index contributed by atoms with van der Waals surface area (Å²) in [5.74, 6) is 0.0114. The summed E-state index contributed by atoms with van der Waals surface area (Å²) in [4.78, 5) is 0. The summed E-state index contributed by atoms with van der Waals surface area (Å²) >= 11 is 3.37. The van der Waals surface area contributed by atoms with Crippen molar-refractivity contribution in [2.75, 3.05) is 0 Å². The van der Waals surface area contributed by atoms with E-state index in [4.69, 9.17) is 0 Å². The molecule has 0 spiro atoms. The Balaban J connectivity index is 2.24. The molecule has 1 aliphatic rings. The molecule has 88 valence electrons. The standard InChI is InChI=1S/C13H16BrFO/c14-10-5-6-13(15)12(8-10)9-3-1-2-4-11(16)7-9/h5-6,8-9,11,16H,1-4,7H2. The third kappa shape index (κ3) is 2.83. The highest BCUT2D eigenvalue weighted by atomic mass is 79.9. The van der Waals surface area contributed by atoms with Crippen molar-refractivity contribution in [2.45, 2.75) is 44.1 Å². The molecule has 1 N–H and O–H groups in total. The lowest BCUT2D eigenvalue weighted by Gasteiger charge is -2.17. The van der Waals surface area contributed by atoms with Gasteiger partial charge >= 0.3 is 0 Å². The Labute approximate surface area is 104 Å². The Kier molecular flexibility index (Phi) is 3.98. The summed E-state index contributed by atoms with van der Waals surface area (Å²) in [6, 6.07) is 5.06. The molecule has 0 saturated heterocycles. The van der Waals surface area contributed by atoms with Gasteiger partial charge in [-0.1, -0.05) is 28.8 Å². The van der Waals surface area contributed by atoms with Crippen molar-refractivity contribution in [3.63, 3.8) is 0 Å². The van der Waals surface area contributed by atoms with Gasteiger partial charge in [-0.15, -0.1) is 0 Å². The van der Waals surface area contributed by atoms with Crippen molar-refractivity contribution < 1.29 is 9.50 Å². The van der Waals surface area contributed by atoms with E-state index in [1.165, 1.54) is 6.07 Å². The van der Waals surface area contributed by atoms with E-state index in [-0.39, 0.29) is 17.8 Å². The first-order valence-electron chi connectivity index (χ1n) is 5.80. The van der Waals surface area contributed by atoms with Crippen LogP contribution in [0.3, 0.4) is 0 Å². The number of hydrogen-bond acceptors (Lipinski definition) is 1. The van der Waals surface area contributed by atoms with E-state index in [1.807, 2.05) is 6.07 Å². The van der Waals surface area contributed by atoms with E-state index >= 15 is 0 Å². The van der Waals surface area contributed by atoms with Gasteiger partial charge in [-0.05, 0) is 48.9 Å². The second kappa shape index (κ2) is 5.28. The average Bonchev–Trinajstić information content (AvgIpc) is 2.46. The first kappa shape index (κ1) is 12.1. The van der Waals surface area contributed by atoms with E-state index in [2.05, 4.69) is 15.9 Å². The maximum absolute atomic E-state index is 13.7. The van der Waals surface area contributed by atoms with Crippen LogP contribution in [0.5, 0.6) is 0 Å². The minimum absolute atomic E-state index is 0.151. The first-order valence-corrected chi connectivity index (χ1v) is 6.59. The van der Waals surface area contributed by atoms with Crippen molar-refractivity contribution in [3.8, 4) is 0 Å². The monoisotopic (exact) mass is 286 g/mol. The van der Waals surface area contributed by atoms with Crippen LogP contribution in [0.15, 0.2) is 22.7 Å². The molecular weight excluding hydrogens is 271 g/mol. The molecule has 2 atom stereocenters. The highest BCUT2D eigenvalue weighted by molar-refractivity contribution is 9.10. The lowest BCUT2D eigenvalue weighted by molar-refractivity contribution is 0.151. The summed E-state index contributed by atoms with van der Waals surface area (Å²) in [5, 5.41) is 9.75. The normalized spacial score (nSPS) is 26.4. The third-order valence-corrected chi connectivity index (χ3v) is 3.79. The van der Waals surface area contributed by atoms with E-state index in [9.17, 15) is 9.50 Å². The van der Waals surface area contributed by atoms with Gasteiger partial charge in [-0.3, -0.25) is 0 Å². The summed E-state index contributed by atoms with van der Waals surface area (Å²) in [5.41, 5.74) is 0.746. The molecule has 1 fully saturated rings. The smallest absolute Gasteiger partial charge is 0.126 e. The molecule has 1 saturated carbocycles. The molecule has 1 aromatic carbocycles.